The van der Waals surface area contributed by atoms with Gasteiger partial charge in [-0.15, -0.1) is 0 Å². The Hall–Kier alpha value is 0. The van der Waals surface area contributed by atoms with Crippen LogP contribution in [0, 0.1) is 17.3 Å². The maximum absolute atomic E-state index is 1.62. The van der Waals surface area contributed by atoms with E-state index in [2.05, 4.69) is 0 Å². The number of hydrogen-bond acceptors (Lipinski definition) is 0. The summed E-state index contributed by atoms with van der Waals surface area (Å²) < 4.78 is 0. The Morgan fingerprint density at radius 3 is 2.38 bits per heavy atom. The minimum Gasteiger partial charge on any atom is -0.0494 e. The Labute approximate surface area is 50.3 Å². The summed E-state index contributed by atoms with van der Waals surface area (Å²) in [6, 6.07) is 0. The fourth-order valence-corrected chi connectivity index (χ4v) is 3.32. The number of hydrogen-bond donors (Lipinski definition) is 0. The van der Waals surface area contributed by atoms with E-state index >= 15 is 0 Å². The zero-order valence-corrected chi connectivity index (χ0v) is 5.19. The van der Waals surface area contributed by atoms with Crippen molar-refractivity contribution >= 4 is 0 Å². The lowest BCUT2D eigenvalue weighted by Crippen LogP contribution is -2.39. The van der Waals surface area contributed by atoms with Crippen molar-refractivity contribution in [2.45, 2.75) is 32.1 Å². The van der Waals surface area contributed by atoms with Gasteiger partial charge in [-0.3, -0.25) is 0 Å². The molecule has 0 N–H and O–H groups in total. The molecule has 0 saturated heterocycles. The van der Waals surface area contributed by atoms with Crippen LogP contribution in [0.25, 0.3) is 0 Å². The summed E-state index contributed by atoms with van der Waals surface area (Å²) in [5, 5.41) is 0. The lowest BCUT2D eigenvalue weighted by Gasteiger charge is -2.49. The van der Waals surface area contributed by atoms with E-state index in [1.54, 1.807) is 32.1 Å². The molecule has 4 saturated carbocycles. The van der Waals surface area contributed by atoms with Crippen molar-refractivity contribution in [3.63, 3.8) is 0 Å². The molecule has 0 aliphatic heterocycles. The van der Waals surface area contributed by atoms with Crippen molar-refractivity contribution in [3.05, 3.63) is 0 Å². The first-order valence-electron chi connectivity index (χ1n) is 3.89. The normalized spacial score (nSPS) is 66.0. The van der Waals surface area contributed by atoms with Crippen molar-refractivity contribution in [1.29, 1.82) is 0 Å². The third kappa shape index (κ3) is 0.222. The first kappa shape index (κ1) is 3.92. The van der Waals surface area contributed by atoms with Crippen LogP contribution in [0.1, 0.15) is 32.1 Å². The van der Waals surface area contributed by atoms with Gasteiger partial charge in [0.15, 0.2) is 0 Å². The van der Waals surface area contributed by atoms with Gasteiger partial charge in [0, 0.05) is 0 Å². The van der Waals surface area contributed by atoms with Crippen molar-refractivity contribution < 1.29 is 0 Å². The second kappa shape index (κ2) is 0.872. The maximum Gasteiger partial charge on any atom is -0.0264 e. The van der Waals surface area contributed by atoms with E-state index in [0.717, 1.165) is 5.41 Å². The summed E-state index contributed by atoms with van der Waals surface area (Å²) in [4.78, 5) is 0. The minimum atomic E-state index is 0.977. The van der Waals surface area contributed by atoms with Crippen LogP contribution in [0.5, 0.6) is 0 Å². The Morgan fingerprint density at radius 2 is 2.12 bits per heavy atom. The van der Waals surface area contributed by atoms with E-state index in [1.807, 2.05) is 0 Å². The standard InChI is InChI=1S/C8H12/c1-2-8-4-6(5-8)3-7(1)8/h6-7H,1-5H2. The maximum atomic E-state index is 1.62. The van der Waals surface area contributed by atoms with Crippen molar-refractivity contribution in [2.24, 2.45) is 17.3 Å². The van der Waals surface area contributed by atoms with E-state index in [1.165, 1.54) is 11.8 Å². The monoisotopic (exact) mass is 108 g/mol. The number of rotatable bonds is 0. The molecule has 2 bridgehead atoms. The van der Waals surface area contributed by atoms with Crippen molar-refractivity contribution in [1.82, 2.24) is 0 Å². The second-order valence-electron chi connectivity index (χ2n) is 4.11. The van der Waals surface area contributed by atoms with Crippen LogP contribution < -0.4 is 0 Å². The highest BCUT2D eigenvalue weighted by atomic mass is 14.7. The molecule has 4 aliphatic carbocycles. The van der Waals surface area contributed by atoms with E-state index in [-0.39, 0.29) is 0 Å². The predicted octanol–water partition coefficient (Wildman–Crippen LogP) is 2.20. The first-order chi connectivity index (χ1) is 3.89. The molecule has 4 rings (SSSR count). The first-order valence-corrected chi connectivity index (χ1v) is 3.89. The zero-order chi connectivity index (χ0) is 5.19. The molecule has 0 radical (unpaired) electrons. The van der Waals surface area contributed by atoms with Gasteiger partial charge >= 0.3 is 0 Å². The quantitative estimate of drug-likeness (QED) is 0.446. The van der Waals surface area contributed by atoms with Crippen LogP contribution in [-0.2, 0) is 0 Å². The van der Waals surface area contributed by atoms with Gasteiger partial charge in [0.2, 0.25) is 0 Å². The molecule has 4 fully saturated rings. The molecular weight excluding hydrogens is 96.1 g/mol. The van der Waals surface area contributed by atoms with Crippen LogP contribution in [0.2, 0.25) is 0 Å². The van der Waals surface area contributed by atoms with Gasteiger partial charge < -0.3 is 0 Å². The van der Waals surface area contributed by atoms with Crippen LogP contribution in [0.3, 0.4) is 0 Å². The molecule has 1 atom stereocenters. The topological polar surface area (TPSA) is 0 Å². The van der Waals surface area contributed by atoms with Crippen LogP contribution >= 0.6 is 0 Å². The molecule has 44 valence electrons. The molecule has 0 nitrogen and oxygen atoms in total. The minimum absolute atomic E-state index is 0.977. The van der Waals surface area contributed by atoms with Crippen LogP contribution in [0.4, 0.5) is 0 Å². The lowest BCUT2D eigenvalue weighted by atomic mass is 9.56. The Kier molecular flexibility index (Phi) is 0.427. The second-order valence-corrected chi connectivity index (χ2v) is 4.11. The molecule has 0 aromatic carbocycles. The third-order valence-corrected chi connectivity index (χ3v) is 3.86. The largest absolute Gasteiger partial charge is 0.0494 e. The van der Waals surface area contributed by atoms with Gasteiger partial charge in [-0.05, 0) is 49.4 Å². The summed E-state index contributed by atoms with van der Waals surface area (Å²) >= 11 is 0. The summed E-state index contributed by atoms with van der Waals surface area (Å²) in [5.74, 6) is 2.41. The van der Waals surface area contributed by atoms with E-state index < -0.39 is 0 Å². The average molecular weight is 108 g/mol. The third-order valence-electron chi connectivity index (χ3n) is 3.86. The van der Waals surface area contributed by atoms with Gasteiger partial charge in [-0.2, -0.15) is 0 Å². The highest BCUT2D eigenvalue weighted by molar-refractivity contribution is 5.11. The predicted molar refractivity (Wildman–Crippen MR) is 32.5 cm³/mol. The van der Waals surface area contributed by atoms with Gasteiger partial charge in [-0.25, -0.2) is 0 Å². The highest BCUT2D eigenvalue weighted by Gasteiger charge is 2.61. The molecular formula is C8H12. The molecule has 4 aliphatic rings. The smallest absolute Gasteiger partial charge is 0.0264 e. The lowest BCUT2D eigenvalue weighted by molar-refractivity contribution is 0.0133. The molecule has 1 unspecified atom stereocenters. The SMILES string of the molecule is C1CC23CC(CC12)C3. The molecule has 0 aromatic heterocycles. The molecule has 8 heavy (non-hydrogen) atoms. The van der Waals surface area contributed by atoms with Gasteiger partial charge in [0.25, 0.3) is 0 Å². The Morgan fingerprint density at radius 1 is 1.25 bits per heavy atom. The van der Waals surface area contributed by atoms with Gasteiger partial charge in [0.1, 0.15) is 0 Å². The molecule has 0 aromatic rings. The summed E-state index contributed by atoms with van der Waals surface area (Å²) in [7, 11) is 0. The van der Waals surface area contributed by atoms with Crippen molar-refractivity contribution in [2.75, 3.05) is 0 Å². The molecule has 0 heteroatoms. The highest BCUT2D eigenvalue weighted by Crippen LogP contribution is 2.71. The molecule has 0 heterocycles. The summed E-state index contributed by atoms with van der Waals surface area (Å²) in [5.41, 5.74) is 0.977. The Balaban J connectivity index is 2.04. The van der Waals surface area contributed by atoms with Gasteiger partial charge in [-0.1, -0.05) is 0 Å². The van der Waals surface area contributed by atoms with Crippen LogP contribution in [-0.4, -0.2) is 0 Å². The fraction of sp³-hybridized carbons (Fsp3) is 1.00. The van der Waals surface area contributed by atoms with E-state index in [4.69, 9.17) is 0 Å². The fourth-order valence-electron chi connectivity index (χ4n) is 3.32. The van der Waals surface area contributed by atoms with E-state index in [9.17, 15) is 0 Å². The Bertz CT molecular complexity index is 128. The summed E-state index contributed by atoms with van der Waals surface area (Å²) in [6.45, 7) is 0. The average Bonchev–Trinajstić information content (AvgIpc) is 1.85. The molecule has 1 spiro atoms. The zero-order valence-electron chi connectivity index (χ0n) is 5.19. The van der Waals surface area contributed by atoms with Crippen molar-refractivity contribution in [3.8, 4) is 0 Å². The molecule has 0 amide bonds. The van der Waals surface area contributed by atoms with Crippen LogP contribution in [0.15, 0.2) is 0 Å². The van der Waals surface area contributed by atoms with Gasteiger partial charge in [0.05, 0.1) is 0 Å². The van der Waals surface area contributed by atoms with E-state index in [0.29, 0.717) is 0 Å². The summed E-state index contributed by atoms with van der Waals surface area (Å²) in [6.07, 6.45) is 8.03.